The van der Waals surface area contributed by atoms with E-state index in [1.165, 1.54) is 10.4 Å². The van der Waals surface area contributed by atoms with Gasteiger partial charge in [-0.2, -0.15) is 0 Å². The minimum absolute atomic E-state index is 0.352. The van der Waals surface area contributed by atoms with Gasteiger partial charge in [0.1, 0.15) is 6.26 Å². The maximum absolute atomic E-state index is 5.60. The number of H-pyrrole nitrogens is 1. The highest BCUT2D eigenvalue weighted by atomic mass is 35.5. The van der Waals surface area contributed by atoms with E-state index in [0.29, 0.717) is 16.3 Å². The number of aromatic amines is 1. The zero-order valence-electron chi connectivity index (χ0n) is 12.6. The van der Waals surface area contributed by atoms with E-state index in [4.69, 9.17) is 37.7 Å². The average Bonchev–Trinajstić information content (AvgIpc) is 2.98. The highest BCUT2D eigenvalue weighted by Crippen LogP contribution is 2.31. The third-order valence-corrected chi connectivity index (χ3v) is 4.01. The first kappa shape index (κ1) is 15.6. The van der Waals surface area contributed by atoms with Crippen LogP contribution in [-0.2, 0) is 0 Å². The molecule has 2 aliphatic carbocycles. The molecule has 0 aliphatic heterocycles. The SMILES string of the molecule is COc1ccc(-c2coc(=S)[nH]2)cc1OC.Clc1cc2ccc1=2. The molecule has 118 valence electrons. The van der Waals surface area contributed by atoms with Crippen molar-refractivity contribution in [1.29, 1.82) is 0 Å². The van der Waals surface area contributed by atoms with E-state index in [9.17, 15) is 0 Å². The number of methoxy groups -OCH3 is 2. The summed E-state index contributed by atoms with van der Waals surface area (Å²) >= 11 is 10.5. The van der Waals surface area contributed by atoms with Crippen molar-refractivity contribution in [3.63, 3.8) is 0 Å². The first-order valence-corrected chi connectivity index (χ1v) is 7.61. The van der Waals surface area contributed by atoms with Crippen LogP contribution in [0.15, 0.2) is 47.1 Å². The van der Waals surface area contributed by atoms with Crippen molar-refractivity contribution < 1.29 is 13.9 Å². The Morgan fingerprint density at radius 2 is 1.83 bits per heavy atom. The molecular formula is C17H14ClNO3S. The van der Waals surface area contributed by atoms with Crippen LogP contribution in [0.25, 0.3) is 11.3 Å². The van der Waals surface area contributed by atoms with Gasteiger partial charge >= 0.3 is 0 Å². The van der Waals surface area contributed by atoms with Gasteiger partial charge in [0.25, 0.3) is 4.84 Å². The third-order valence-electron chi connectivity index (χ3n) is 3.50. The molecule has 0 saturated heterocycles. The lowest BCUT2D eigenvalue weighted by atomic mass is 10.1. The molecule has 1 heterocycles. The van der Waals surface area contributed by atoms with E-state index in [0.717, 1.165) is 16.3 Å². The summed E-state index contributed by atoms with van der Waals surface area (Å²) in [5.41, 5.74) is 1.74. The number of oxazole rings is 1. The predicted octanol–water partition coefficient (Wildman–Crippen LogP) is 4.96. The van der Waals surface area contributed by atoms with Crippen LogP contribution in [-0.4, -0.2) is 19.2 Å². The van der Waals surface area contributed by atoms with E-state index < -0.39 is 0 Å². The van der Waals surface area contributed by atoms with Gasteiger partial charge in [0, 0.05) is 15.8 Å². The Morgan fingerprint density at radius 1 is 1.04 bits per heavy atom. The van der Waals surface area contributed by atoms with Crippen LogP contribution in [0.3, 0.4) is 0 Å². The lowest BCUT2D eigenvalue weighted by Gasteiger charge is -2.08. The molecule has 0 atom stereocenters. The fourth-order valence-corrected chi connectivity index (χ4v) is 2.62. The molecule has 2 aliphatic rings. The van der Waals surface area contributed by atoms with Crippen LogP contribution in [0.1, 0.15) is 0 Å². The van der Waals surface area contributed by atoms with Crippen molar-refractivity contribution in [2.75, 3.05) is 14.2 Å². The van der Waals surface area contributed by atoms with Crippen LogP contribution < -0.4 is 9.47 Å². The zero-order valence-corrected chi connectivity index (χ0v) is 14.1. The zero-order chi connectivity index (χ0) is 16.4. The van der Waals surface area contributed by atoms with Crippen molar-refractivity contribution in [2.24, 2.45) is 0 Å². The summed E-state index contributed by atoms with van der Waals surface area (Å²) in [7, 11) is 3.20. The number of halogens is 1. The van der Waals surface area contributed by atoms with Crippen LogP contribution in [0.2, 0.25) is 5.02 Å². The number of hydrogen-bond donors (Lipinski definition) is 1. The molecular weight excluding hydrogens is 334 g/mol. The summed E-state index contributed by atoms with van der Waals surface area (Å²) in [5, 5.41) is 3.46. The fraction of sp³-hybridized carbons (Fsp3) is 0.118. The first-order valence-electron chi connectivity index (χ1n) is 6.82. The second-order valence-electron chi connectivity index (χ2n) is 4.83. The molecule has 6 heteroatoms. The minimum Gasteiger partial charge on any atom is -0.493 e. The summed E-state index contributed by atoms with van der Waals surface area (Å²) < 4.78 is 15.4. The van der Waals surface area contributed by atoms with Crippen LogP contribution in [0.5, 0.6) is 11.5 Å². The second kappa shape index (κ2) is 6.48. The maximum Gasteiger partial charge on any atom is 0.266 e. The monoisotopic (exact) mass is 347 g/mol. The van der Waals surface area contributed by atoms with E-state index in [1.807, 2.05) is 30.3 Å². The van der Waals surface area contributed by atoms with E-state index in [-0.39, 0.29) is 0 Å². The number of aromatic nitrogens is 1. The molecule has 0 unspecified atom stereocenters. The topological polar surface area (TPSA) is 47.4 Å². The molecule has 0 saturated carbocycles. The van der Waals surface area contributed by atoms with E-state index in [1.54, 1.807) is 20.5 Å². The predicted molar refractivity (Wildman–Crippen MR) is 91.6 cm³/mol. The lowest BCUT2D eigenvalue weighted by Crippen LogP contribution is -1.90. The highest BCUT2D eigenvalue weighted by Gasteiger charge is 2.07. The van der Waals surface area contributed by atoms with Crippen molar-refractivity contribution >= 4 is 23.8 Å². The van der Waals surface area contributed by atoms with Crippen molar-refractivity contribution in [3.05, 3.63) is 63.0 Å². The maximum atomic E-state index is 5.60. The Hall–Kier alpha value is -2.24. The number of ether oxygens (including phenoxy) is 2. The van der Waals surface area contributed by atoms with Gasteiger partial charge in [0.2, 0.25) is 0 Å². The van der Waals surface area contributed by atoms with Gasteiger partial charge in [0.05, 0.1) is 19.9 Å². The summed E-state index contributed by atoms with van der Waals surface area (Å²) in [4.78, 5) is 3.28. The average molecular weight is 348 g/mol. The molecule has 0 fully saturated rings. The molecule has 1 N–H and O–H groups in total. The molecule has 1 aromatic heterocycles. The standard InChI is InChI=1S/C11H11NO3S.C6H3Cl/c1-13-9-4-3-7(5-10(9)14-2)8-6-15-11(16)12-8;7-6-3-4-1-2-5(4)6/h3-6H,1-2H3,(H,12,16);1-3H. The second-order valence-corrected chi connectivity index (χ2v) is 5.60. The summed E-state index contributed by atoms with van der Waals surface area (Å²) in [5.74, 6) is 1.36. The Kier molecular flexibility index (Phi) is 4.41. The van der Waals surface area contributed by atoms with Crippen LogP contribution in [0, 0.1) is 15.3 Å². The fourth-order valence-electron chi connectivity index (χ4n) is 2.17. The van der Waals surface area contributed by atoms with E-state index >= 15 is 0 Å². The van der Waals surface area contributed by atoms with E-state index in [2.05, 4.69) is 11.1 Å². The normalized spacial score (nSPS) is 10.6. The first-order chi connectivity index (χ1) is 11.1. The summed E-state index contributed by atoms with van der Waals surface area (Å²) in [6.45, 7) is 0. The largest absolute Gasteiger partial charge is 0.493 e. The third kappa shape index (κ3) is 3.11. The van der Waals surface area contributed by atoms with Gasteiger partial charge in [-0.15, -0.1) is 0 Å². The van der Waals surface area contributed by atoms with Crippen molar-refractivity contribution in [1.82, 2.24) is 4.98 Å². The molecule has 1 aromatic carbocycles. The molecule has 2 aromatic rings. The molecule has 0 amide bonds. The quantitative estimate of drug-likeness (QED) is 0.532. The number of benzene rings is 2. The van der Waals surface area contributed by atoms with Crippen LogP contribution in [0.4, 0.5) is 0 Å². The Labute approximate surface area is 142 Å². The molecule has 0 spiro atoms. The Bertz CT molecular complexity index is 994. The van der Waals surface area contributed by atoms with Gasteiger partial charge in [-0.25, -0.2) is 0 Å². The highest BCUT2D eigenvalue weighted by molar-refractivity contribution is 7.71. The molecule has 4 rings (SSSR count). The van der Waals surface area contributed by atoms with Gasteiger partial charge < -0.3 is 18.9 Å². The van der Waals surface area contributed by atoms with Gasteiger partial charge in [-0.1, -0.05) is 23.7 Å². The van der Waals surface area contributed by atoms with Gasteiger partial charge in [0.15, 0.2) is 11.5 Å². The number of nitrogens with one attached hydrogen (secondary N) is 1. The van der Waals surface area contributed by atoms with Crippen molar-refractivity contribution in [2.45, 2.75) is 0 Å². The molecule has 0 radical (unpaired) electrons. The number of rotatable bonds is 3. The minimum atomic E-state index is 0.352. The number of hydrogen-bond acceptors (Lipinski definition) is 4. The Balaban J connectivity index is 0.000000183. The Morgan fingerprint density at radius 3 is 2.22 bits per heavy atom. The molecule has 23 heavy (non-hydrogen) atoms. The molecule has 0 bridgehead atoms. The summed E-state index contributed by atoms with van der Waals surface area (Å²) in [6.07, 6.45) is 1.57. The van der Waals surface area contributed by atoms with Gasteiger partial charge in [-0.3, -0.25) is 0 Å². The smallest absolute Gasteiger partial charge is 0.266 e. The van der Waals surface area contributed by atoms with Crippen molar-refractivity contribution in [3.8, 4) is 22.8 Å². The summed E-state index contributed by atoms with van der Waals surface area (Å²) in [6, 6.07) is 11.6. The van der Waals surface area contributed by atoms with Crippen LogP contribution >= 0.6 is 23.8 Å². The van der Waals surface area contributed by atoms with Gasteiger partial charge in [-0.05, 0) is 41.7 Å². The molecule has 4 nitrogen and oxygen atoms in total. The lowest BCUT2D eigenvalue weighted by molar-refractivity contribution is 0.355.